The third kappa shape index (κ3) is 5.30. The number of aliphatic hydroxyl groups excluding tert-OH is 1. The van der Waals surface area contributed by atoms with E-state index in [-0.39, 0.29) is 19.0 Å². The molecule has 0 bridgehead atoms. The van der Waals surface area contributed by atoms with Gasteiger partial charge in [0, 0.05) is 47.6 Å². The average molecular weight is 503 g/mol. The minimum absolute atomic E-state index is 0. The molecule has 0 aliphatic rings. The lowest BCUT2D eigenvalue weighted by Crippen LogP contribution is -3.00. The molecule has 2 heterocycles. The van der Waals surface area contributed by atoms with Crippen molar-refractivity contribution >= 4 is 44.9 Å². The van der Waals surface area contributed by atoms with Crippen molar-refractivity contribution in [2.75, 3.05) is 33.5 Å². The van der Waals surface area contributed by atoms with Crippen LogP contribution in [0, 0.1) is 0 Å². The number of methoxy groups -OCH3 is 1. The molecule has 2 aromatic heterocycles. The summed E-state index contributed by atoms with van der Waals surface area (Å²) in [6, 6.07) is 25.7. The number of halogens is 1. The fraction of sp³-hybridized carbons (Fsp3) is 0.233. The number of hydrogen-bond donors (Lipinski definition) is 1. The molecule has 0 radical (unpaired) electrons. The van der Waals surface area contributed by atoms with Crippen LogP contribution in [0.15, 0.2) is 79.0 Å². The Hall–Kier alpha value is -3.22. The van der Waals surface area contributed by atoms with Gasteiger partial charge in [0.15, 0.2) is 12.7 Å². The minimum atomic E-state index is 0. The maximum absolute atomic E-state index is 9.40. The minimum Gasteiger partial charge on any atom is -1.00 e. The van der Waals surface area contributed by atoms with Crippen molar-refractivity contribution in [2.24, 2.45) is 0 Å². The molecule has 1 N–H and O–H groups in total. The van der Waals surface area contributed by atoms with E-state index in [9.17, 15) is 5.11 Å². The molecule has 5 nitrogen and oxygen atoms in total. The molecule has 0 spiro atoms. The predicted molar refractivity (Wildman–Crippen MR) is 142 cm³/mol. The van der Waals surface area contributed by atoms with E-state index in [1.165, 1.54) is 27.2 Å². The summed E-state index contributed by atoms with van der Waals surface area (Å²) in [4.78, 5) is 0. The van der Waals surface area contributed by atoms with Gasteiger partial charge in [-0.25, -0.2) is 0 Å². The number of rotatable bonds is 10. The highest BCUT2D eigenvalue weighted by atomic mass is 35.5. The van der Waals surface area contributed by atoms with Crippen molar-refractivity contribution in [1.29, 1.82) is 0 Å². The Bertz CT molecular complexity index is 1490. The van der Waals surface area contributed by atoms with E-state index in [0.717, 1.165) is 23.2 Å². The number of benzene rings is 3. The Morgan fingerprint density at radius 1 is 0.833 bits per heavy atom. The molecule has 3 aromatic carbocycles. The van der Waals surface area contributed by atoms with Gasteiger partial charge in [-0.2, -0.15) is 4.57 Å². The third-order valence-corrected chi connectivity index (χ3v) is 6.44. The highest BCUT2D eigenvalue weighted by Crippen LogP contribution is 2.30. The van der Waals surface area contributed by atoms with Gasteiger partial charge >= 0.3 is 0 Å². The molecule has 6 heteroatoms. The lowest BCUT2D eigenvalue weighted by atomic mass is 10.1. The lowest BCUT2D eigenvalue weighted by Gasteiger charge is -2.08. The van der Waals surface area contributed by atoms with Gasteiger partial charge in [-0.05, 0) is 35.4 Å². The van der Waals surface area contributed by atoms with Crippen molar-refractivity contribution in [3.05, 3.63) is 90.1 Å². The molecule has 0 fully saturated rings. The zero-order chi connectivity index (χ0) is 24.0. The van der Waals surface area contributed by atoms with Crippen molar-refractivity contribution in [3.8, 4) is 0 Å². The number of pyridine rings is 1. The Labute approximate surface area is 217 Å². The molecule has 186 valence electrons. The summed E-state index contributed by atoms with van der Waals surface area (Å²) >= 11 is 0. The number of ether oxygens (including phenoxy) is 2. The first kappa shape index (κ1) is 25.9. The molecule has 5 rings (SSSR count). The average Bonchev–Trinajstić information content (AvgIpc) is 3.21. The van der Waals surface area contributed by atoms with Crippen LogP contribution in [0.25, 0.3) is 44.9 Å². The molecular formula is C30H31ClN2O3. The Morgan fingerprint density at radius 3 is 2.44 bits per heavy atom. The first-order chi connectivity index (χ1) is 17.3. The summed E-state index contributed by atoms with van der Waals surface area (Å²) in [7, 11) is 1.69. The maximum Gasteiger partial charge on any atom is 0.213 e. The van der Waals surface area contributed by atoms with Crippen LogP contribution in [-0.2, 0) is 22.6 Å². The van der Waals surface area contributed by atoms with Crippen LogP contribution in [0.4, 0.5) is 0 Å². The van der Waals surface area contributed by atoms with Gasteiger partial charge in [0.2, 0.25) is 5.52 Å². The summed E-state index contributed by atoms with van der Waals surface area (Å²) in [5, 5.41) is 13.1. The van der Waals surface area contributed by atoms with Crippen LogP contribution in [0.5, 0.6) is 0 Å². The zero-order valence-corrected chi connectivity index (χ0v) is 21.2. The van der Waals surface area contributed by atoms with Crippen LogP contribution in [0.2, 0.25) is 0 Å². The van der Waals surface area contributed by atoms with E-state index >= 15 is 0 Å². The highest BCUT2D eigenvalue weighted by molar-refractivity contribution is 6.08. The highest BCUT2D eigenvalue weighted by Gasteiger charge is 2.12. The molecule has 0 unspecified atom stereocenters. The van der Waals surface area contributed by atoms with Crippen LogP contribution in [0.1, 0.15) is 11.1 Å². The van der Waals surface area contributed by atoms with Crippen LogP contribution >= 0.6 is 0 Å². The first-order valence-electron chi connectivity index (χ1n) is 12.1. The first-order valence-corrected chi connectivity index (χ1v) is 12.1. The second kappa shape index (κ2) is 12.2. The molecule has 0 amide bonds. The van der Waals surface area contributed by atoms with Gasteiger partial charge in [-0.15, -0.1) is 0 Å². The number of aliphatic hydroxyl groups is 1. The lowest BCUT2D eigenvalue weighted by molar-refractivity contribution is -0.672. The van der Waals surface area contributed by atoms with Crippen molar-refractivity contribution in [1.82, 2.24) is 4.57 Å². The van der Waals surface area contributed by atoms with E-state index in [0.29, 0.717) is 26.4 Å². The van der Waals surface area contributed by atoms with E-state index in [1.807, 2.05) is 12.3 Å². The fourth-order valence-electron chi connectivity index (χ4n) is 4.76. The SMILES string of the molecule is COCCOCCn1c2ccccc2c2cc(/C=C/c3cc[n+](CCO)c4ccccc34)ccc21.[Cl-]. The standard InChI is InChI=1S/C30H31N2O3.ClH/c1-34-20-21-35-19-17-32-29-9-5-3-7-26(29)27-22-23(11-13-30(27)32)10-12-24-14-15-31(16-18-33)28-8-4-2-6-25(24)28;/h2-15,22,33H,16-21H2,1H3;1H/q+1;/p-1. The quantitative estimate of drug-likeness (QED) is 0.235. The fourth-order valence-corrected chi connectivity index (χ4v) is 4.76. The predicted octanol–water partition coefficient (Wildman–Crippen LogP) is 2.06. The van der Waals surface area contributed by atoms with Gasteiger partial charge in [-0.3, -0.25) is 0 Å². The van der Waals surface area contributed by atoms with Crippen molar-refractivity contribution in [3.63, 3.8) is 0 Å². The largest absolute Gasteiger partial charge is 1.00 e. The Kier molecular flexibility index (Phi) is 8.73. The van der Waals surface area contributed by atoms with E-state index in [4.69, 9.17) is 9.47 Å². The molecule has 5 aromatic rings. The molecule has 0 atom stereocenters. The van der Waals surface area contributed by atoms with E-state index < -0.39 is 0 Å². The van der Waals surface area contributed by atoms with Gasteiger partial charge in [0.05, 0.1) is 25.2 Å². The summed E-state index contributed by atoms with van der Waals surface area (Å²) in [6.07, 6.45) is 6.40. The molecule has 0 aliphatic heterocycles. The van der Waals surface area contributed by atoms with Gasteiger partial charge < -0.3 is 31.6 Å². The molecule has 0 saturated carbocycles. The molecule has 0 aliphatic carbocycles. The van der Waals surface area contributed by atoms with Crippen molar-refractivity contribution in [2.45, 2.75) is 13.1 Å². The smallest absolute Gasteiger partial charge is 0.213 e. The molecular weight excluding hydrogens is 472 g/mol. The number of nitrogens with zero attached hydrogens (tertiary/aromatic N) is 2. The zero-order valence-electron chi connectivity index (χ0n) is 20.4. The topological polar surface area (TPSA) is 47.5 Å². The van der Waals surface area contributed by atoms with Gasteiger partial charge in [0.25, 0.3) is 0 Å². The summed E-state index contributed by atoms with van der Waals surface area (Å²) in [5.74, 6) is 0. The van der Waals surface area contributed by atoms with E-state index in [1.54, 1.807) is 7.11 Å². The maximum atomic E-state index is 9.40. The second-order valence-electron chi connectivity index (χ2n) is 8.59. The van der Waals surface area contributed by atoms with Gasteiger partial charge in [0.1, 0.15) is 6.61 Å². The molecule has 0 saturated heterocycles. The summed E-state index contributed by atoms with van der Waals surface area (Å²) in [6.45, 7) is 3.38. The normalized spacial score (nSPS) is 11.6. The molecule has 36 heavy (non-hydrogen) atoms. The number of hydrogen-bond acceptors (Lipinski definition) is 3. The van der Waals surface area contributed by atoms with E-state index in [2.05, 4.69) is 88.0 Å². The van der Waals surface area contributed by atoms with Crippen LogP contribution < -0.4 is 17.0 Å². The monoisotopic (exact) mass is 502 g/mol. The summed E-state index contributed by atoms with van der Waals surface area (Å²) < 4.78 is 15.3. The third-order valence-electron chi connectivity index (χ3n) is 6.44. The summed E-state index contributed by atoms with van der Waals surface area (Å²) in [5.41, 5.74) is 5.88. The van der Waals surface area contributed by atoms with Crippen molar-refractivity contribution < 1.29 is 31.6 Å². The number of aromatic nitrogens is 2. The Balaban J connectivity index is 0.00000304. The Morgan fingerprint density at radius 2 is 1.61 bits per heavy atom. The van der Waals surface area contributed by atoms with Gasteiger partial charge in [-0.1, -0.05) is 48.6 Å². The number of fused-ring (bicyclic) bond motifs is 4. The van der Waals surface area contributed by atoms with Crippen LogP contribution in [-0.4, -0.2) is 43.2 Å². The number of para-hydroxylation sites is 2. The van der Waals surface area contributed by atoms with Crippen LogP contribution in [0.3, 0.4) is 0 Å². The second-order valence-corrected chi connectivity index (χ2v) is 8.59.